The maximum Gasteiger partial charge on any atom is 0.0426 e. The molecule has 0 unspecified atom stereocenters. The molecule has 0 bridgehead atoms. The van der Waals surface area contributed by atoms with Gasteiger partial charge in [0.05, 0.1) is 0 Å². The molecular formula is C21H19N. The number of hydrogen-bond acceptors (Lipinski definition) is 1. The number of anilines is 2. The van der Waals surface area contributed by atoms with Gasteiger partial charge < -0.3 is 5.32 Å². The molecule has 1 aliphatic rings. The summed E-state index contributed by atoms with van der Waals surface area (Å²) in [4.78, 5) is 0. The second-order valence-corrected chi connectivity index (χ2v) is 6.42. The third-order valence-electron chi connectivity index (χ3n) is 4.67. The molecule has 0 spiro atoms. The fraction of sp³-hybridized carbons (Fsp3) is 0.143. The number of rotatable bonds is 1. The lowest BCUT2D eigenvalue weighted by atomic mass is 9.73. The largest absolute Gasteiger partial charge is 0.355 e. The van der Waals surface area contributed by atoms with Gasteiger partial charge in [-0.1, -0.05) is 68.4 Å². The van der Waals surface area contributed by atoms with Gasteiger partial charge in [-0.3, -0.25) is 0 Å². The number of nitrogens with one attached hydrogen (secondary N) is 1. The predicted molar refractivity (Wildman–Crippen MR) is 93.7 cm³/mol. The maximum atomic E-state index is 3.57. The van der Waals surface area contributed by atoms with Crippen LogP contribution in [0.25, 0.3) is 11.1 Å². The summed E-state index contributed by atoms with van der Waals surface area (Å²) in [5, 5.41) is 3.57. The molecule has 0 atom stereocenters. The summed E-state index contributed by atoms with van der Waals surface area (Å²) in [5.41, 5.74) is 7.67. The average molecular weight is 285 g/mol. The first kappa shape index (κ1) is 13.1. The lowest BCUT2D eigenvalue weighted by Gasteiger charge is -2.36. The summed E-state index contributed by atoms with van der Waals surface area (Å²) in [6, 6.07) is 25.9. The van der Waals surface area contributed by atoms with Crippen molar-refractivity contribution in [3.63, 3.8) is 0 Å². The summed E-state index contributed by atoms with van der Waals surface area (Å²) in [7, 11) is 0. The van der Waals surface area contributed by atoms with Gasteiger partial charge in [0, 0.05) is 16.8 Å². The minimum Gasteiger partial charge on any atom is -0.355 e. The Bertz CT molecular complexity index is 832. The Hall–Kier alpha value is -2.54. The summed E-state index contributed by atoms with van der Waals surface area (Å²) in [6.07, 6.45) is 0. The second-order valence-electron chi connectivity index (χ2n) is 6.42. The van der Waals surface area contributed by atoms with E-state index in [1.54, 1.807) is 0 Å². The van der Waals surface area contributed by atoms with Crippen LogP contribution in [0.4, 0.5) is 11.4 Å². The van der Waals surface area contributed by atoms with Gasteiger partial charge in [0.1, 0.15) is 0 Å². The first-order chi connectivity index (χ1) is 10.7. The molecule has 108 valence electrons. The molecule has 0 radical (unpaired) electrons. The summed E-state index contributed by atoms with van der Waals surface area (Å²) < 4.78 is 0. The topological polar surface area (TPSA) is 12.0 Å². The van der Waals surface area contributed by atoms with Crippen molar-refractivity contribution in [2.75, 3.05) is 5.32 Å². The van der Waals surface area contributed by atoms with Crippen LogP contribution in [-0.2, 0) is 5.41 Å². The minimum atomic E-state index is 0.00195. The average Bonchev–Trinajstić information content (AvgIpc) is 2.56. The Morgan fingerprint density at radius 1 is 0.636 bits per heavy atom. The Balaban J connectivity index is 1.89. The quantitative estimate of drug-likeness (QED) is 0.601. The molecule has 1 heteroatoms. The van der Waals surface area contributed by atoms with E-state index in [4.69, 9.17) is 0 Å². The van der Waals surface area contributed by atoms with Gasteiger partial charge >= 0.3 is 0 Å². The standard InChI is InChI=1S/C21H19N/c1-21(2)17-10-6-7-11-19(17)22-20-13-12-16(14-18(20)21)15-8-4-3-5-9-15/h3-14,22H,1-2H3. The van der Waals surface area contributed by atoms with Crippen LogP contribution in [0.3, 0.4) is 0 Å². The monoisotopic (exact) mass is 285 g/mol. The number of benzene rings is 3. The Morgan fingerprint density at radius 2 is 1.32 bits per heavy atom. The van der Waals surface area contributed by atoms with Crippen LogP contribution < -0.4 is 5.32 Å². The molecule has 0 aromatic heterocycles. The molecule has 1 aliphatic heterocycles. The lowest BCUT2D eigenvalue weighted by molar-refractivity contribution is 0.638. The van der Waals surface area contributed by atoms with Crippen molar-refractivity contribution in [1.82, 2.24) is 0 Å². The minimum absolute atomic E-state index is 0.00195. The van der Waals surface area contributed by atoms with Crippen molar-refractivity contribution in [3.05, 3.63) is 83.9 Å². The van der Waals surface area contributed by atoms with Crippen molar-refractivity contribution >= 4 is 11.4 Å². The molecule has 0 saturated heterocycles. The van der Waals surface area contributed by atoms with E-state index < -0.39 is 0 Å². The molecule has 22 heavy (non-hydrogen) atoms. The van der Waals surface area contributed by atoms with Gasteiger partial charge in [-0.25, -0.2) is 0 Å². The maximum absolute atomic E-state index is 3.57. The van der Waals surface area contributed by atoms with E-state index in [9.17, 15) is 0 Å². The first-order valence-electron chi connectivity index (χ1n) is 7.73. The van der Waals surface area contributed by atoms with Crippen LogP contribution in [0.15, 0.2) is 72.8 Å². The SMILES string of the molecule is CC1(C)c2ccccc2Nc2ccc(-c3ccccc3)cc21. The molecule has 0 fully saturated rings. The van der Waals surface area contributed by atoms with Crippen LogP contribution in [0.5, 0.6) is 0 Å². The molecule has 3 aromatic carbocycles. The number of para-hydroxylation sites is 1. The molecule has 0 saturated carbocycles. The van der Waals surface area contributed by atoms with Gasteiger partial charge in [-0.2, -0.15) is 0 Å². The van der Waals surface area contributed by atoms with Crippen LogP contribution in [0.1, 0.15) is 25.0 Å². The lowest BCUT2D eigenvalue weighted by Crippen LogP contribution is -2.25. The van der Waals surface area contributed by atoms with Crippen LogP contribution >= 0.6 is 0 Å². The van der Waals surface area contributed by atoms with Crippen LogP contribution in [0.2, 0.25) is 0 Å². The van der Waals surface area contributed by atoms with Crippen molar-refractivity contribution in [3.8, 4) is 11.1 Å². The highest BCUT2D eigenvalue weighted by Gasteiger charge is 2.32. The third kappa shape index (κ3) is 1.93. The normalized spacial score (nSPS) is 14.6. The Labute approximate surface area is 131 Å². The first-order valence-corrected chi connectivity index (χ1v) is 7.73. The Morgan fingerprint density at radius 3 is 2.14 bits per heavy atom. The van der Waals surface area contributed by atoms with E-state index in [0.29, 0.717) is 0 Å². The van der Waals surface area contributed by atoms with Crippen molar-refractivity contribution in [2.45, 2.75) is 19.3 Å². The highest BCUT2D eigenvalue weighted by atomic mass is 14.9. The molecule has 0 amide bonds. The fourth-order valence-electron chi connectivity index (χ4n) is 3.41. The summed E-state index contributed by atoms with van der Waals surface area (Å²) in [5.74, 6) is 0. The molecule has 4 rings (SSSR count). The summed E-state index contributed by atoms with van der Waals surface area (Å²) >= 11 is 0. The molecule has 1 N–H and O–H groups in total. The molecule has 1 heterocycles. The van der Waals surface area contributed by atoms with E-state index in [0.717, 1.165) is 0 Å². The van der Waals surface area contributed by atoms with Gasteiger partial charge in [-0.05, 0) is 40.5 Å². The van der Waals surface area contributed by atoms with E-state index in [1.165, 1.54) is 33.6 Å². The molecule has 0 aliphatic carbocycles. The third-order valence-corrected chi connectivity index (χ3v) is 4.67. The fourth-order valence-corrected chi connectivity index (χ4v) is 3.41. The summed E-state index contributed by atoms with van der Waals surface area (Å²) in [6.45, 7) is 4.61. The Kier molecular flexibility index (Phi) is 2.83. The van der Waals surface area contributed by atoms with Gasteiger partial charge in [0.25, 0.3) is 0 Å². The highest BCUT2D eigenvalue weighted by Crippen LogP contribution is 2.46. The van der Waals surface area contributed by atoms with Crippen molar-refractivity contribution < 1.29 is 0 Å². The van der Waals surface area contributed by atoms with Gasteiger partial charge in [-0.15, -0.1) is 0 Å². The van der Waals surface area contributed by atoms with E-state index in [1.807, 2.05) is 0 Å². The molecule has 3 aromatic rings. The van der Waals surface area contributed by atoms with E-state index >= 15 is 0 Å². The zero-order valence-corrected chi connectivity index (χ0v) is 12.9. The highest BCUT2D eigenvalue weighted by molar-refractivity contribution is 5.79. The van der Waals surface area contributed by atoms with Crippen molar-refractivity contribution in [1.29, 1.82) is 0 Å². The molecular weight excluding hydrogens is 266 g/mol. The molecule has 1 nitrogen and oxygen atoms in total. The zero-order valence-electron chi connectivity index (χ0n) is 12.9. The van der Waals surface area contributed by atoms with Crippen LogP contribution in [0, 0.1) is 0 Å². The second kappa shape index (κ2) is 4.74. The number of hydrogen-bond donors (Lipinski definition) is 1. The number of fused-ring (bicyclic) bond motifs is 2. The van der Waals surface area contributed by atoms with E-state index in [-0.39, 0.29) is 5.41 Å². The van der Waals surface area contributed by atoms with E-state index in [2.05, 4.69) is 92.0 Å². The van der Waals surface area contributed by atoms with Gasteiger partial charge in [0.15, 0.2) is 0 Å². The van der Waals surface area contributed by atoms with Gasteiger partial charge in [0.2, 0.25) is 0 Å². The van der Waals surface area contributed by atoms with Crippen molar-refractivity contribution in [2.24, 2.45) is 0 Å². The predicted octanol–water partition coefficient (Wildman–Crippen LogP) is 5.74. The van der Waals surface area contributed by atoms with Crippen LogP contribution in [-0.4, -0.2) is 0 Å². The zero-order chi connectivity index (χ0) is 15.2. The smallest absolute Gasteiger partial charge is 0.0426 e.